The summed E-state index contributed by atoms with van der Waals surface area (Å²) in [6.07, 6.45) is 2.38. The molecule has 0 N–H and O–H groups in total. The lowest BCUT2D eigenvalue weighted by molar-refractivity contribution is -0.132. The Morgan fingerprint density at radius 2 is 2.08 bits per heavy atom. The number of rotatable bonds is 6. The van der Waals surface area contributed by atoms with E-state index >= 15 is 0 Å². The molecule has 5 nitrogen and oxygen atoms in total. The second-order valence-corrected chi connectivity index (χ2v) is 6.73. The zero-order chi connectivity index (χ0) is 17.8. The van der Waals surface area contributed by atoms with Gasteiger partial charge in [0.2, 0.25) is 5.91 Å². The minimum absolute atomic E-state index is 0.240. The number of carbonyl (C=O) groups excluding carboxylic acids is 1. The molecule has 1 aliphatic rings. The Morgan fingerprint density at radius 3 is 2.84 bits per heavy atom. The van der Waals surface area contributed by atoms with Gasteiger partial charge in [-0.05, 0) is 24.5 Å². The van der Waals surface area contributed by atoms with E-state index in [-0.39, 0.29) is 5.91 Å². The number of benzene rings is 1. The van der Waals surface area contributed by atoms with E-state index in [1.165, 1.54) is 22.4 Å². The summed E-state index contributed by atoms with van der Waals surface area (Å²) in [5.74, 6) is 0.240. The first kappa shape index (κ1) is 17.7. The number of fused-ring (bicyclic) bond motifs is 1. The first-order chi connectivity index (χ1) is 12.1. The molecule has 3 rings (SSSR count). The van der Waals surface area contributed by atoms with Gasteiger partial charge in [-0.2, -0.15) is 5.10 Å². The minimum atomic E-state index is 0.240. The van der Waals surface area contributed by atoms with Crippen LogP contribution >= 0.6 is 0 Å². The van der Waals surface area contributed by atoms with Crippen LogP contribution < -0.4 is 0 Å². The van der Waals surface area contributed by atoms with Gasteiger partial charge in [-0.15, -0.1) is 0 Å². The summed E-state index contributed by atoms with van der Waals surface area (Å²) in [4.78, 5) is 14.2. The Labute approximate surface area is 149 Å². The maximum absolute atomic E-state index is 12.2. The van der Waals surface area contributed by atoms with Crippen molar-refractivity contribution in [2.45, 2.75) is 52.9 Å². The summed E-state index contributed by atoms with van der Waals surface area (Å²) >= 11 is 0. The third-order valence-corrected chi connectivity index (χ3v) is 4.90. The van der Waals surface area contributed by atoms with Crippen LogP contribution in [0.2, 0.25) is 0 Å². The molecule has 0 aliphatic carbocycles. The SMILES string of the molecule is CCCC(=O)N1CCc2c(c(COCc3ccccc3C)nn2C)C1. The van der Waals surface area contributed by atoms with Crippen molar-refractivity contribution in [1.82, 2.24) is 14.7 Å². The van der Waals surface area contributed by atoms with Gasteiger partial charge in [0.15, 0.2) is 0 Å². The molecular weight excluding hydrogens is 314 g/mol. The highest BCUT2D eigenvalue weighted by molar-refractivity contribution is 5.76. The number of hydrogen-bond donors (Lipinski definition) is 0. The van der Waals surface area contributed by atoms with Crippen molar-refractivity contribution in [2.24, 2.45) is 7.05 Å². The van der Waals surface area contributed by atoms with E-state index in [9.17, 15) is 4.79 Å². The van der Waals surface area contributed by atoms with Gasteiger partial charge in [0.1, 0.15) is 0 Å². The summed E-state index contributed by atoms with van der Waals surface area (Å²) in [6.45, 7) is 6.64. The molecule has 0 unspecified atom stereocenters. The molecule has 1 aliphatic heterocycles. The zero-order valence-electron chi connectivity index (χ0n) is 15.4. The summed E-state index contributed by atoms with van der Waals surface area (Å²) in [5, 5.41) is 4.64. The van der Waals surface area contributed by atoms with Crippen molar-refractivity contribution >= 4 is 5.91 Å². The van der Waals surface area contributed by atoms with Crippen molar-refractivity contribution in [3.05, 3.63) is 52.3 Å². The van der Waals surface area contributed by atoms with Crippen LogP contribution in [0.15, 0.2) is 24.3 Å². The topological polar surface area (TPSA) is 47.4 Å². The maximum atomic E-state index is 12.2. The van der Waals surface area contributed by atoms with E-state index in [1.54, 1.807) is 0 Å². The number of amides is 1. The lowest BCUT2D eigenvalue weighted by Crippen LogP contribution is -2.36. The number of ether oxygens (including phenoxy) is 1. The highest BCUT2D eigenvalue weighted by Gasteiger charge is 2.26. The van der Waals surface area contributed by atoms with E-state index < -0.39 is 0 Å². The van der Waals surface area contributed by atoms with Crippen LogP contribution in [0.5, 0.6) is 0 Å². The number of aryl methyl sites for hydroxylation is 2. The van der Waals surface area contributed by atoms with Gasteiger partial charge in [-0.1, -0.05) is 31.2 Å². The molecule has 0 spiro atoms. The molecule has 1 aromatic heterocycles. The van der Waals surface area contributed by atoms with Gasteiger partial charge in [-0.25, -0.2) is 0 Å². The van der Waals surface area contributed by atoms with Gasteiger partial charge in [-0.3, -0.25) is 9.48 Å². The molecule has 134 valence electrons. The van der Waals surface area contributed by atoms with Crippen LogP contribution in [0.3, 0.4) is 0 Å². The number of hydrogen-bond acceptors (Lipinski definition) is 3. The predicted octanol–water partition coefficient (Wildman–Crippen LogP) is 3.13. The first-order valence-electron chi connectivity index (χ1n) is 9.03. The van der Waals surface area contributed by atoms with Crippen LogP contribution in [0.1, 0.15) is 47.8 Å². The summed E-state index contributed by atoms with van der Waals surface area (Å²) in [6, 6.07) is 8.26. The van der Waals surface area contributed by atoms with E-state index in [2.05, 4.69) is 24.2 Å². The summed E-state index contributed by atoms with van der Waals surface area (Å²) < 4.78 is 7.88. The van der Waals surface area contributed by atoms with Gasteiger partial charge in [0.25, 0.3) is 0 Å². The average Bonchev–Trinajstić information content (AvgIpc) is 2.92. The minimum Gasteiger partial charge on any atom is -0.370 e. The largest absolute Gasteiger partial charge is 0.370 e. The molecular formula is C20H27N3O2. The molecule has 2 aromatic rings. The van der Waals surface area contributed by atoms with E-state index in [1.807, 2.05) is 35.7 Å². The van der Waals surface area contributed by atoms with Gasteiger partial charge >= 0.3 is 0 Å². The molecule has 0 saturated heterocycles. The fourth-order valence-corrected chi connectivity index (χ4v) is 3.40. The second-order valence-electron chi connectivity index (χ2n) is 6.73. The first-order valence-corrected chi connectivity index (χ1v) is 9.03. The van der Waals surface area contributed by atoms with Crippen LogP contribution in [-0.2, 0) is 42.8 Å². The van der Waals surface area contributed by atoms with Gasteiger partial charge in [0.05, 0.1) is 18.9 Å². The number of carbonyl (C=O) groups is 1. The highest BCUT2D eigenvalue weighted by Crippen LogP contribution is 2.24. The van der Waals surface area contributed by atoms with Crippen molar-refractivity contribution in [3.8, 4) is 0 Å². The molecule has 2 heterocycles. The normalized spacial score (nSPS) is 13.8. The van der Waals surface area contributed by atoms with Gasteiger partial charge in [0, 0.05) is 44.2 Å². The molecule has 5 heteroatoms. The van der Waals surface area contributed by atoms with Crippen molar-refractivity contribution in [2.75, 3.05) is 6.54 Å². The third kappa shape index (κ3) is 3.93. The van der Waals surface area contributed by atoms with Crippen molar-refractivity contribution < 1.29 is 9.53 Å². The molecule has 1 amide bonds. The summed E-state index contributed by atoms with van der Waals surface area (Å²) in [5.41, 5.74) is 5.80. The Kier molecular flexibility index (Phi) is 5.53. The van der Waals surface area contributed by atoms with E-state index in [0.29, 0.717) is 26.2 Å². The highest BCUT2D eigenvalue weighted by atomic mass is 16.5. The second kappa shape index (κ2) is 7.83. The quantitative estimate of drug-likeness (QED) is 0.811. The van der Waals surface area contributed by atoms with Crippen LogP contribution in [0.4, 0.5) is 0 Å². The Morgan fingerprint density at radius 1 is 1.28 bits per heavy atom. The lowest BCUT2D eigenvalue weighted by Gasteiger charge is -2.27. The predicted molar refractivity (Wildman–Crippen MR) is 96.9 cm³/mol. The van der Waals surface area contributed by atoms with E-state index in [0.717, 1.165) is 25.1 Å². The zero-order valence-corrected chi connectivity index (χ0v) is 15.4. The Hall–Kier alpha value is -2.14. The molecule has 0 radical (unpaired) electrons. The van der Waals surface area contributed by atoms with Crippen LogP contribution in [0, 0.1) is 6.92 Å². The smallest absolute Gasteiger partial charge is 0.222 e. The fraction of sp³-hybridized carbons (Fsp3) is 0.500. The molecule has 25 heavy (non-hydrogen) atoms. The molecule has 0 atom stereocenters. The van der Waals surface area contributed by atoms with Crippen LogP contribution in [-0.4, -0.2) is 27.1 Å². The average molecular weight is 341 g/mol. The van der Waals surface area contributed by atoms with Crippen LogP contribution in [0.25, 0.3) is 0 Å². The molecule has 0 fully saturated rings. The number of aromatic nitrogens is 2. The number of nitrogens with zero attached hydrogens (tertiary/aromatic N) is 3. The lowest BCUT2D eigenvalue weighted by atomic mass is 10.0. The third-order valence-electron chi connectivity index (χ3n) is 4.90. The van der Waals surface area contributed by atoms with Gasteiger partial charge < -0.3 is 9.64 Å². The molecule has 0 bridgehead atoms. The van der Waals surface area contributed by atoms with Crippen molar-refractivity contribution in [3.63, 3.8) is 0 Å². The Bertz CT molecular complexity index is 751. The standard InChI is InChI=1S/C20H27N3O2/c1-4-7-20(24)23-11-10-19-17(12-23)18(21-22(19)3)14-25-13-16-9-6-5-8-15(16)2/h5-6,8-9H,4,7,10-14H2,1-3H3. The fourth-order valence-electron chi connectivity index (χ4n) is 3.40. The maximum Gasteiger partial charge on any atom is 0.222 e. The van der Waals surface area contributed by atoms with Crippen molar-refractivity contribution in [1.29, 1.82) is 0 Å². The monoisotopic (exact) mass is 341 g/mol. The van der Waals surface area contributed by atoms with E-state index in [4.69, 9.17) is 4.74 Å². The summed E-state index contributed by atoms with van der Waals surface area (Å²) in [7, 11) is 1.98. The molecule has 1 aromatic carbocycles. The molecule has 0 saturated carbocycles. The Balaban J connectivity index is 1.67.